The van der Waals surface area contributed by atoms with Crippen LogP contribution in [0.4, 0.5) is 0 Å². The second-order valence-corrected chi connectivity index (χ2v) is 15.1. The fourth-order valence-electron chi connectivity index (χ4n) is 4.81. The van der Waals surface area contributed by atoms with E-state index in [9.17, 15) is 22.6 Å². The zero-order valence-corrected chi connectivity index (χ0v) is 37.4. The summed E-state index contributed by atoms with van der Waals surface area (Å²) < 4.78 is 42.0. The minimum Gasteiger partial charge on any atom is -0.466 e. The van der Waals surface area contributed by atoms with Crippen LogP contribution in [-0.2, 0) is 29.2 Å². The Morgan fingerprint density at radius 1 is 0.532 bits per heavy atom. The number of carbonyl (C=O) groups excluding carboxylic acids is 2. The quantitative estimate of drug-likeness (QED) is 0.0316. The Kier molecular flexibility index (Phi) is 50.7. The molecular formula is C36H72Na2O7S2. The molecule has 2 radical (unpaired) electrons. The first-order valence-corrected chi connectivity index (χ1v) is 21.3. The van der Waals surface area contributed by atoms with Crippen LogP contribution in [0.15, 0.2) is 0 Å². The molecule has 0 aliphatic carbocycles. The van der Waals surface area contributed by atoms with Gasteiger partial charge in [-0.1, -0.05) is 156 Å². The van der Waals surface area contributed by atoms with Gasteiger partial charge in [-0.05, 0) is 37.2 Å². The summed E-state index contributed by atoms with van der Waals surface area (Å²) in [6, 6.07) is 0. The molecule has 272 valence electrons. The van der Waals surface area contributed by atoms with Crippen molar-refractivity contribution >= 4 is 92.9 Å². The SMILES string of the molecule is CCCCCCCCOC(=O)CC(C(=O)OCCCCCCCC)S(=O)(=O)O.CCCCCCCCSCCCCCCCC.[Na].[Na]. The molecule has 0 spiro atoms. The van der Waals surface area contributed by atoms with Crippen molar-refractivity contribution in [3.8, 4) is 0 Å². The van der Waals surface area contributed by atoms with Gasteiger partial charge in [-0.15, -0.1) is 0 Å². The van der Waals surface area contributed by atoms with E-state index in [1.807, 2.05) is 0 Å². The van der Waals surface area contributed by atoms with E-state index in [-0.39, 0.29) is 72.3 Å². The molecule has 47 heavy (non-hydrogen) atoms. The first-order valence-electron chi connectivity index (χ1n) is 18.6. The van der Waals surface area contributed by atoms with Gasteiger partial charge in [0.2, 0.25) is 0 Å². The minimum atomic E-state index is -4.73. The van der Waals surface area contributed by atoms with Crippen molar-refractivity contribution in [3.05, 3.63) is 0 Å². The number of hydrogen-bond donors (Lipinski definition) is 1. The smallest absolute Gasteiger partial charge is 0.327 e. The molecule has 0 rings (SSSR count). The molecule has 0 aromatic heterocycles. The van der Waals surface area contributed by atoms with Crippen LogP contribution in [0.5, 0.6) is 0 Å². The maximum Gasteiger partial charge on any atom is 0.327 e. The van der Waals surface area contributed by atoms with Gasteiger partial charge in [-0.3, -0.25) is 14.1 Å². The second kappa shape index (κ2) is 43.4. The zero-order chi connectivity index (χ0) is 33.9. The van der Waals surface area contributed by atoms with Crippen LogP contribution in [-0.4, -0.2) is 114 Å². The standard InChI is InChI=1S/C20H38O7S.C16H34S.2Na/c1-3-5-7-9-11-13-15-26-19(21)17-18(28(23,24)25)20(22)27-16-14-12-10-8-6-4-2;1-3-5-7-9-11-13-15-17-16-14-12-10-8-6-4-2;;/h18H,3-17H2,1-2H3,(H,23,24,25);3-16H2,1-2H3;;. The largest absolute Gasteiger partial charge is 0.466 e. The van der Waals surface area contributed by atoms with Gasteiger partial charge >= 0.3 is 11.9 Å². The summed E-state index contributed by atoms with van der Waals surface area (Å²) in [7, 11) is -4.73. The number of ether oxygens (including phenoxy) is 2. The van der Waals surface area contributed by atoms with Crippen molar-refractivity contribution in [2.24, 2.45) is 0 Å². The fraction of sp³-hybridized carbons (Fsp3) is 0.944. The third-order valence-corrected chi connectivity index (χ3v) is 10.00. The Morgan fingerprint density at radius 3 is 1.21 bits per heavy atom. The van der Waals surface area contributed by atoms with Crippen LogP contribution in [0.1, 0.15) is 188 Å². The average Bonchev–Trinajstić information content (AvgIpc) is 3.01. The molecule has 1 N–H and O–H groups in total. The topological polar surface area (TPSA) is 107 Å². The predicted molar refractivity (Wildman–Crippen MR) is 204 cm³/mol. The maximum atomic E-state index is 12.0. The fourth-order valence-corrected chi connectivity index (χ4v) is 6.49. The number of carbonyl (C=O) groups is 2. The van der Waals surface area contributed by atoms with Gasteiger partial charge in [0.1, 0.15) is 0 Å². The van der Waals surface area contributed by atoms with Crippen LogP contribution >= 0.6 is 11.8 Å². The molecule has 0 amide bonds. The number of esters is 2. The van der Waals surface area contributed by atoms with Crippen LogP contribution in [0, 0.1) is 0 Å². The Labute approximate surface area is 340 Å². The van der Waals surface area contributed by atoms with Crippen molar-refractivity contribution < 1.29 is 32.0 Å². The molecule has 11 heteroatoms. The summed E-state index contributed by atoms with van der Waals surface area (Å²) in [5.74, 6) is 0.877. The van der Waals surface area contributed by atoms with Crippen LogP contribution in [0.3, 0.4) is 0 Å². The maximum absolute atomic E-state index is 12.0. The Hall–Kier alpha value is 1.20. The molecule has 0 aromatic rings. The van der Waals surface area contributed by atoms with E-state index < -0.39 is 33.7 Å². The molecule has 0 aliphatic rings. The normalized spacial score (nSPS) is 11.4. The molecule has 7 nitrogen and oxygen atoms in total. The molecule has 0 aromatic carbocycles. The van der Waals surface area contributed by atoms with Crippen molar-refractivity contribution in [2.45, 2.75) is 193 Å². The summed E-state index contributed by atoms with van der Waals surface area (Å²) in [6.45, 7) is 9.08. The second-order valence-electron chi connectivity index (χ2n) is 12.3. The minimum absolute atomic E-state index is 0. The van der Waals surface area contributed by atoms with E-state index in [1.54, 1.807) is 0 Å². The van der Waals surface area contributed by atoms with Crippen molar-refractivity contribution in [2.75, 3.05) is 24.7 Å². The zero-order valence-electron chi connectivity index (χ0n) is 31.8. The number of thioether (sulfide) groups is 1. The van der Waals surface area contributed by atoms with Crippen molar-refractivity contribution in [1.29, 1.82) is 0 Å². The Morgan fingerprint density at radius 2 is 0.851 bits per heavy atom. The summed E-state index contributed by atoms with van der Waals surface area (Å²) in [5, 5.41) is -1.93. The van der Waals surface area contributed by atoms with E-state index in [0.717, 1.165) is 57.8 Å². The van der Waals surface area contributed by atoms with E-state index in [0.29, 0.717) is 12.8 Å². The van der Waals surface area contributed by atoms with Gasteiger partial charge in [0.25, 0.3) is 10.1 Å². The Bertz CT molecular complexity index is 742. The average molecular weight is 727 g/mol. The van der Waals surface area contributed by atoms with Gasteiger partial charge in [-0.25, -0.2) is 0 Å². The van der Waals surface area contributed by atoms with E-state index in [2.05, 4.69) is 39.5 Å². The Balaban J connectivity index is -0.000000420. The molecule has 0 saturated carbocycles. The molecular weight excluding hydrogens is 655 g/mol. The summed E-state index contributed by atoms with van der Waals surface area (Å²) in [6.07, 6.45) is 28.6. The third kappa shape index (κ3) is 43.3. The van der Waals surface area contributed by atoms with Gasteiger partial charge in [-0.2, -0.15) is 20.2 Å². The van der Waals surface area contributed by atoms with Crippen LogP contribution in [0.25, 0.3) is 0 Å². The molecule has 0 aliphatic heterocycles. The number of hydrogen-bond acceptors (Lipinski definition) is 7. The third-order valence-electron chi connectivity index (χ3n) is 7.76. The molecule has 0 heterocycles. The summed E-state index contributed by atoms with van der Waals surface area (Å²) >= 11 is 2.18. The van der Waals surface area contributed by atoms with Crippen molar-refractivity contribution in [3.63, 3.8) is 0 Å². The van der Waals surface area contributed by atoms with Crippen LogP contribution < -0.4 is 0 Å². The first kappa shape index (κ1) is 55.0. The number of rotatable bonds is 32. The molecule has 0 bridgehead atoms. The summed E-state index contributed by atoms with van der Waals surface area (Å²) in [5.41, 5.74) is 0. The summed E-state index contributed by atoms with van der Waals surface area (Å²) in [4.78, 5) is 23.8. The first-order chi connectivity index (χ1) is 21.7. The van der Waals surface area contributed by atoms with E-state index in [1.165, 1.54) is 95.0 Å². The molecule has 0 saturated heterocycles. The molecule has 0 fully saturated rings. The van der Waals surface area contributed by atoms with Gasteiger partial charge in [0, 0.05) is 59.1 Å². The van der Waals surface area contributed by atoms with Crippen LogP contribution in [0.2, 0.25) is 0 Å². The van der Waals surface area contributed by atoms with Gasteiger partial charge in [0.15, 0.2) is 5.25 Å². The monoisotopic (exact) mass is 726 g/mol. The predicted octanol–water partition coefficient (Wildman–Crippen LogP) is 10.1. The van der Waals surface area contributed by atoms with Gasteiger partial charge < -0.3 is 9.47 Å². The van der Waals surface area contributed by atoms with E-state index >= 15 is 0 Å². The molecule has 1 atom stereocenters. The molecule has 1 unspecified atom stereocenters. The number of unbranched alkanes of at least 4 members (excludes halogenated alkanes) is 20. The van der Waals surface area contributed by atoms with Crippen molar-refractivity contribution in [1.82, 2.24) is 0 Å². The van der Waals surface area contributed by atoms with Gasteiger partial charge in [0.05, 0.1) is 19.6 Å². The van der Waals surface area contributed by atoms with E-state index in [4.69, 9.17) is 9.47 Å².